The number of hydrogen-bond acceptors (Lipinski definition) is 3. The van der Waals surface area contributed by atoms with E-state index in [1.165, 1.54) is 0 Å². The van der Waals surface area contributed by atoms with Gasteiger partial charge in [-0.2, -0.15) is 0 Å². The minimum Gasteiger partial charge on any atom is -0.497 e. The molecular weight excluding hydrogens is 216 g/mol. The molecule has 3 nitrogen and oxygen atoms in total. The van der Waals surface area contributed by atoms with Crippen molar-refractivity contribution < 1.29 is 14.6 Å². The molecule has 1 aliphatic heterocycles. The van der Waals surface area contributed by atoms with Crippen LogP contribution >= 0.6 is 0 Å². The molecule has 0 amide bonds. The first-order valence-corrected chi connectivity index (χ1v) is 6.01. The average Bonchev–Trinajstić information content (AvgIpc) is 2.27. The van der Waals surface area contributed by atoms with E-state index in [1.807, 2.05) is 25.1 Å². The van der Waals surface area contributed by atoms with E-state index in [2.05, 4.69) is 13.8 Å². The van der Waals surface area contributed by atoms with Gasteiger partial charge in [-0.3, -0.25) is 0 Å². The van der Waals surface area contributed by atoms with E-state index < -0.39 is 6.10 Å². The van der Waals surface area contributed by atoms with Crippen LogP contribution in [0.1, 0.15) is 38.9 Å². The first-order valence-electron chi connectivity index (χ1n) is 6.01. The second kappa shape index (κ2) is 4.22. The van der Waals surface area contributed by atoms with E-state index >= 15 is 0 Å². The summed E-state index contributed by atoms with van der Waals surface area (Å²) in [5.74, 6) is 1.83. The number of hydrogen-bond donors (Lipinski definition) is 1. The van der Waals surface area contributed by atoms with Crippen LogP contribution in [0.5, 0.6) is 11.5 Å². The fourth-order valence-electron chi connectivity index (χ4n) is 2.15. The van der Waals surface area contributed by atoms with Gasteiger partial charge in [0.25, 0.3) is 0 Å². The maximum Gasteiger partial charge on any atom is 0.129 e. The maximum atomic E-state index is 10.2. The molecule has 17 heavy (non-hydrogen) atoms. The molecule has 1 unspecified atom stereocenters. The molecule has 0 aliphatic carbocycles. The zero-order valence-corrected chi connectivity index (χ0v) is 10.9. The Bertz CT molecular complexity index is 414. The zero-order valence-electron chi connectivity index (χ0n) is 10.9. The van der Waals surface area contributed by atoms with Crippen LogP contribution in [0.3, 0.4) is 0 Å². The van der Waals surface area contributed by atoms with Gasteiger partial charge in [-0.1, -0.05) is 13.8 Å². The van der Waals surface area contributed by atoms with E-state index in [4.69, 9.17) is 9.47 Å². The van der Waals surface area contributed by atoms with Gasteiger partial charge in [0, 0.05) is 18.1 Å². The fraction of sp³-hybridized carbons (Fsp3) is 0.571. The van der Waals surface area contributed by atoms with Crippen molar-refractivity contribution in [2.45, 2.75) is 38.9 Å². The lowest BCUT2D eigenvalue weighted by molar-refractivity contribution is -0.0323. The highest BCUT2D eigenvalue weighted by atomic mass is 16.5. The molecule has 3 heteroatoms. The third-order valence-corrected chi connectivity index (χ3v) is 3.74. The molecule has 0 spiro atoms. The molecule has 0 saturated carbocycles. The van der Waals surface area contributed by atoms with Crippen molar-refractivity contribution in [1.82, 2.24) is 0 Å². The van der Waals surface area contributed by atoms with Crippen LogP contribution < -0.4 is 9.47 Å². The monoisotopic (exact) mass is 236 g/mol. The van der Waals surface area contributed by atoms with Gasteiger partial charge in [0.2, 0.25) is 0 Å². The van der Waals surface area contributed by atoms with Crippen molar-refractivity contribution in [3.8, 4) is 11.5 Å². The van der Waals surface area contributed by atoms with Crippen molar-refractivity contribution in [1.29, 1.82) is 0 Å². The molecule has 1 N–H and O–H groups in total. The number of benzene rings is 1. The summed E-state index contributed by atoms with van der Waals surface area (Å²) in [4.78, 5) is 0. The van der Waals surface area contributed by atoms with E-state index in [-0.39, 0.29) is 5.60 Å². The summed E-state index contributed by atoms with van der Waals surface area (Å²) >= 11 is 0. The minimum atomic E-state index is -0.461. The van der Waals surface area contributed by atoms with Crippen LogP contribution in [-0.4, -0.2) is 17.8 Å². The van der Waals surface area contributed by atoms with Gasteiger partial charge in [0.1, 0.15) is 17.1 Å². The number of methoxy groups -OCH3 is 1. The summed E-state index contributed by atoms with van der Waals surface area (Å²) in [6.45, 7) is 6.26. The second-order valence-corrected chi connectivity index (χ2v) is 5.19. The van der Waals surface area contributed by atoms with Crippen LogP contribution in [0.25, 0.3) is 0 Å². The molecular formula is C14H20O3. The van der Waals surface area contributed by atoms with E-state index in [0.29, 0.717) is 12.3 Å². The summed E-state index contributed by atoms with van der Waals surface area (Å²) in [6, 6.07) is 5.57. The average molecular weight is 236 g/mol. The van der Waals surface area contributed by atoms with Gasteiger partial charge in [0.15, 0.2) is 0 Å². The molecule has 1 aliphatic rings. The standard InChI is InChI=1S/C14H20O3/c1-9(2)14(3)8-12(15)11-6-5-10(16-4)7-13(11)17-14/h5-7,9,12,15H,8H2,1-4H3/t12-,14?/m1/s1. The predicted molar refractivity (Wildman–Crippen MR) is 66.4 cm³/mol. The van der Waals surface area contributed by atoms with Crippen LogP contribution in [0, 0.1) is 5.92 Å². The van der Waals surface area contributed by atoms with Gasteiger partial charge in [-0.05, 0) is 25.0 Å². The second-order valence-electron chi connectivity index (χ2n) is 5.19. The van der Waals surface area contributed by atoms with Gasteiger partial charge in [0.05, 0.1) is 13.2 Å². The lowest BCUT2D eigenvalue weighted by atomic mass is 9.82. The maximum absolute atomic E-state index is 10.2. The Hall–Kier alpha value is -1.22. The fourth-order valence-corrected chi connectivity index (χ4v) is 2.15. The Labute approximate surface area is 102 Å². The Morgan fingerprint density at radius 2 is 2.18 bits per heavy atom. The molecule has 0 bridgehead atoms. The molecule has 1 aromatic carbocycles. The molecule has 2 rings (SSSR count). The van der Waals surface area contributed by atoms with Gasteiger partial charge < -0.3 is 14.6 Å². The molecule has 2 atom stereocenters. The summed E-state index contributed by atoms with van der Waals surface area (Å²) in [5, 5.41) is 10.2. The first kappa shape index (κ1) is 12.2. The van der Waals surface area contributed by atoms with Gasteiger partial charge >= 0.3 is 0 Å². The first-order chi connectivity index (χ1) is 7.96. The molecule has 0 saturated heterocycles. The van der Waals surface area contributed by atoms with Crippen molar-refractivity contribution in [2.75, 3.05) is 7.11 Å². The van der Waals surface area contributed by atoms with Crippen molar-refractivity contribution in [2.24, 2.45) is 5.92 Å². The molecule has 0 aromatic heterocycles. The van der Waals surface area contributed by atoms with Crippen molar-refractivity contribution in [3.63, 3.8) is 0 Å². The minimum absolute atomic E-state index is 0.321. The quantitative estimate of drug-likeness (QED) is 0.858. The molecule has 0 fully saturated rings. The number of fused-ring (bicyclic) bond motifs is 1. The number of aliphatic hydroxyl groups excluding tert-OH is 1. The summed E-state index contributed by atoms with van der Waals surface area (Å²) in [7, 11) is 1.63. The Morgan fingerprint density at radius 3 is 2.76 bits per heavy atom. The SMILES string of the molecule is COc1ccc2c(c1)OC(C)(C(C)C)C[C@H]2O. The number of aliphatic hydroxyl groups is 1. The largest absolute Gasteiger partial charge is 0.497 e. The molecule has 1 heterocycles. The highest BCUT2D eigenvalue weighted by molar-refractivity contribution is 5.44. The number of rotatable bonds is 2. The predicted octanol–water partition coefficient (Wildman–Crippen LogP) is 2.93. The van der Waals surface area contributed by atoms with Gasteiger partial charge in [-0.15, -0.1) is 0 Å². The normalized spacial score (nSPS) is 27.5. The van der Waals surface area contributed by atoms with E-state index in [9.17, 15) is 5.11 Å². The smallest absolute Gasteiger partial charge is 0.129 e. The number of ether oxygens (including phenoxy) is 2. The topological polar surface area (TPSA) is 38.7 Å². The van der Waals surface area contributed by atoms with E-state index in [0.717, 1.165) is 17.1 Å². The van der Waals surface area contributed by atoms with Crippen molar-refractivity contribution >= 4 is 0 Å². The Morgan fingerprint density at radius 1 is 1.47 bits per heavy atom. The Balaban J connectivity index is 2.40. The zero-order chi connectivity index (χ0) is 12.6. The van der Waals surface area contributed by atoms with Crippen LogP contribution in [-0.2, 0) is 0 Å². The molecule has 1 aromatic rings. The lowest BCUT2D eigenvalue weighted by Gasteiger charge is -2.41. The van der Waals surface area contributed by atoms with Gasteiger partial charge in [-0.25, -0.2) is 0 Å². The highest BCUT2D eigenvalue weighted by Gasteiger charge is 2.39. The third kappa shape index (κ3) is 2.12. The highest BCUT2D eigenvalue weighted by Crippen LogP contribution is 2.43. The summed E-state index contributed by atoms with van der Waals surface area (Å²) < 4.78 is 11.2. The summed E-state index contributed by atoms with van der Waals surface area (Å²) in [6.07, 6.45) is 0.168. The van der Waals surface area contributed by atoms with E-state index in [1.54, 1.807) is 7.11 Å². The van der Waals surface area contributed by atoms with Crippen LogP contribution in [0.15, 0.2) is 18.2 Å². The molecule has 0 radical (unpaired) electrons. The van der Waals surface area contributed by atoms with Crippen molar-refractivity contribution in [3.05, 3.63) is 23.8 Å². The summed E-state index contributed by atoms with van der Waals surface area (Å²) in [5.41, 5.74) is 0.530. The lowest BCUT2D eigenvalue weighted by Crippen LogP contribution is -2.42. The third-order valence-electron chi connectivity index (χ3n) is 3.74. The van der Waals surface area contributed by atoms with Crippen LogP contribution in [0.2, 0.25) is 0 Å². The Kier molecular flexibility index (Phi) is 3.04. The van der Waals surface area contributed by atoms with Crippen LogP contribution in [0.4, 0.5) is 0 Å². The molecule has 94 valence electrons.